The summed E-state index contributed by atoms with van der Waals surface area (Å²) in [5.41, 5.74) is 10.4. The number of rotatable bonds is 12. The van der Waals surface area contributed by atoms with Crippen molar-refractivity contribution in [1.82, 2.24) is 4.98 Å². The van der Waals surface area contributed by atoms with E-state index in [9.17, 15) is 0 Å². The minimum Gasteiger partial charge on any atom is -1.00 e. The van der Waals surface area contributed by atoms with Gasteiger partial charge in [0.1, 0.15) is 0 Å². The number of halogens is 2. The molecule has 3 nitrogen and oxygen atoms in total. The van der Waals surface area contributed by atoms with Crippen molar-refractivity contribution in [3.63, 3.8) is 0 Å². The minimum atomic E-state index is 0. The number of aliphatic imine (C=N–C) groups is 2. The van der Waals surface area contributed by atoms with Gasteiger partial charge in [0.15, 0.2) is 0 Å². The number of hydrogen-bond donors (Lipinski definition) is 0. The van der Waals surface area contributed by atoms with Gasteiger partial charge < -0.3 is 24.8 Å². The van der Waals surface area contributed by atoms with Gasteiger partial charge in [-0.3, -0.25) is 9.98 Å². The molecular formula is C32H41Cl2CoN3. The molecule has 0 bridgehead atoms. The molecule has 0 aliphatic rings. The van der Waals surface area contributed by atoms with Crippen LogP contribution in [0.1, 0.15) is 92.6 Å². The van der Waals surface area contributed by atoms with E-state index in [1.807, 2.05) is 12.4 Å². The molecule has 0 saturated heterocycles. The number of benzene rings is 2. The van der Waals surface area contributed by atoms with Crippen molar-refractivity contribution in [3.8, 4) is 0 Å². The van der Waals surface area contributed by atoms with E-state index in [0.29, 0.717) is 0 Å². The van der Waals surface area contributed by atoms with Gasteiger partial charge >= 0.3 is 16.8 Å². The maximum Gasteiger partial charge on any atom is 2.00 e. The monoisotopic (exact) mass is 596 g/mol. The van der Waals surface area contributed by atoms with Crippen LogP contribution in [0.2, 0.25) is 0 Å². The first-order chi connectivity index (χ1) is 17.1. The van der Waals surface area contributed by atoms with E-state index in [1.165, 1.54) is 22.3 Å². The van der Waals surface area contributed by atoms with Gasteiger partial charge in [-0.2, -0.15) is 0 Å². The Morgan fingerprint density at radius 2 is 0.921 bits per heavy atom. The topological polar surface area (TPSA) is 37.6 Å². The van der Waals surface area contributed by atoms with Gasteiger partial charge in [-0.25, -0.2) is 4.98 Å². The Bertz CT molecular complexity index is 1040. The Morgan fingerprint density at radius 1 is 0.605 bits per heavy atom. The predicted molar refractivity (Wildman–Crippen MR) is 152 cm³/mol. The number of para-hydroxylation sites is 2. The van der Waals surface area contributed by atoms with Crippen LogP contribution in [0.5, 0.6) is 0 Å². The average Bonchev–Trinajstić information content (AvgIpc) is 2.84. The number of hydrogen-bond acceptors (Lipinski definition) is 3. The van der Waals surface area contributed by atoms with Crippen molar-refractivity contribution < 1.29 is 41.6 Å². The molecule has 3 rings (SSSR count). The van der Waals surface area contributed by atoms with E-state index in [-0.39, 0.29) is 41.6 Å². The number of nitrogens with zero attached hydrogens (tertiary/aromatic N) is 3. The fourth-order valence-electron chi connectivity index (χ4n) is 4.62. The van der Waals surface area contributed by atoms with E-state index in [1.54, 1.807) is 0 Å². The van der Waals surface area contributed by atoms with Crippen LogP contribution < -0.4 is 24.8 Å². The van der Waals surface area contributed by atoms with Gasteiger partial charge in [0.25, 0.3) is 0 Å². The number of aromatic nitrogens is 1. The smallest absolute Gasteiger partial charge is 1.00 e. The van der Waals surface area contributed by atoms with Gasteiger partial charge in [-0.05, 0) is 72.6 Å². The van der Waals surface area contributed by atoms with Crippen molar-refractivity contribution >= 4 is 23.8 Å². The SMILES string of the molecule is CCCc1cccc(CCC)c1N=Cc1cc(C)cc(C=Nc2c(CCC)cccc2CCC)n1.[Cl-].[Cl-].[Co+2]. The Balaban J connectivity index is 0.00000456. The average molecular weight is 598 g/mol. The molecule has 0 unspecified atom stereocenters. The van der Waals surface area contributed by atoms with E-state index >= 15 is 0 Å². The van der Waals surface area contributed by atoms with Crippen LogP contribution in [0.15, 0.2) is 58.5 Å². The van der Waals surface area contributed by atoms with Crippen LogP contribution in [0.25, 0.3) is 0 Å². The zero-order valence-corrected chi connectivity index (χ0v) is 25.9. The molecule has 0 spiro atoms. The van der Waals surface area contributed by atoms with Crippen LogP contribution in [0.4, 0.5) is 11.4 Å². The summed E-state index contributed by atoms with van der Waals surface area (Å²) in [7, 11) is 0. The molecule has 1 aromatic heterocycles. The molecule has 3 aromatic rings. The van der Waals surface area contributed by atoms with Gasteiger partial charge in [0.05, 0.1) is 35.2 Å². The van der Waals surface area contributed by atoms with Crippen molar-refractivity contribution in [2.24, 2.45) is 9.98 Å². The summed E-state index contributed by atoms with van der Waals surface area (Å²) in [6.07, 6.45) is 12.5. The van der Waals surface area contributed by atoms with Gasteiger partial charge in [-0.1, -0.05) is 89.8 Å². The Labute approximate surface area is 253 Å². The summed E-state index contributed by atoms with van der Waals surface area (Å²) in [4.78, 5) is 14.8. The Morgan fingerprint density at radius 3 is 1.21 bits per heavy atom. The van der Waals surface area contributed by atoms with Crippen molar-refractivity contribution in [1.29, 1.82) is 0 Å². The third kappa shape index (κ3) is 10.3. The maximum atomic E-state index is 4.96. The van der Waals surface area contributed by atoms with E-state index in [4.69, 9.17) is 15.0 Å². The van der Waals surface area contributed by atoms with Crippen molar-refractivity contribution in [2.75, 3.05) is 0 Å². The normalized spacial score (nSPS) is 10.8. The van der Waals surface area contributed by atoms with E-state index < -0.39 is 0 Å². The van der Waals surface area contributed by atoms with E-state index in [2.05, 4.69) is 83.1 Å². The maximum absolute atomic E-state index is 4.96. The molecule has 0 saturated carbocycles. The quantitative estimate of drug-likeness (QED) is 0.296. The molecule has 0 amide bonds. The van der Waals surface area contributed by atoms with Crippen LogP contribution in [0.3, 0.4) is 0 Å². The predicted octanol–water partition coefficient (Wildman–Crippen LogP) is 2.71. The minimum absolute atomic E-state index is 0. The third-order valence-corrected chi connectivity index (χ3v) is 6.14. The molecule has 2 aromatic carbocycles. The van der Waals surface area contributed by atoms with Crippen LogP contribution in [0, 0.1) is 6.92 Å². The summed E-state index contributed by atoms with van der Waals surface area (Å²) in [6, 6.07) is 17.3. The molecule has 207 valence electrons. The molecule has 0 aliphatic carbocycles. The molecular weight excluding hydrogens is 556 g/mol. The first-order valence-corrected chi connectivity index (χ1v) is 13.4. The van der Waals surface area contributed by atoms with Gasteiger partial charge in [-0.15, -0.1) is 0 Å². The van der Waals surface area contributed by atoms with Gasteiger partial charge in [0.2, 0.25) is 0 Å². The fourth-order valence-corrected chi connectivity index (χ4v) is 4.62. The molecule has 0 atom stereocenters. The third-order valence-electron chi connectivity index (χ3n) is 6.14. The number of aryl methyl sites for hydroxylation is 5. The second kappa shape index (κ2) is 19.1. The summed E-state index contributed by atoms with van der Waals surface area (Å²) < 4.78 is 0. The number of pyridine rings is 1. The molecule has 1 heterocycles. The molecule has 0 N–H and O–H groups in total. The molecule has 0 aliphatic heterocycles. The Kier molecular flexibility index (Phi) is 18.1. The Hall–Kier alpha value is -1.98. The first kappa shape index (κ1) is 36.0. The van der Waals surface area contributed by atoms with Crippen molar-refractivity contribution in [3.05, 3.63) is 87.7 Å². The summed E-state index contributed by atoms with van der Waals surface area (Å²) in [5.74, 6) is 0. The summed E-state index contributed by atoms with van der Waals surface area (Å²) in [6.45, 7) is 11.0. The standard InChI is InChI=1S/C32H41N3.2ClH.Co/c1-6-12-25-16-10-17-26(13-7-2)31(25)33-22-29-20-24(5)21-30(35-29)23-34-32-27(14-8-3)18-11-19-28(32)15-9-4;;;/h10-11,16-23H,6-9,12-15H2,1-5H3;2*1H;/q;;;+2/p-2. The first-order valence-electron chi connectivity index (χ1n) is 13.4. The summed E-state index contributed by atoms with van der Waals surface area (Å²) >= 11 is 0. The zero-order valence-electron chi connectivity index (χ0n) is 23.4. The summed E-state index contributed by atoms with van der Waals surface area (Å²) in [5, 5.41) is 0. The molecule has 38 heavy (non-hydrogen) atoms. The molecule has 1 radical (unpaired) electrons. The largest absolute Gasteiger partial charge is 2.00 e. The van der Waals surface area contributed by atoms with Crippen LogP contribution in [-0.4, -0.2) is 17.4 Å². The van der Waals surface area contributed by atoms with Crippen LogP contribution >= 0.6 is 0 Å². The van der Waals surface area contributed by atoms with Crippen LogP contribution in [-0.2, 0) is 42.5 Å². The van der Waals surface area contributed by atoms with Crippen molar-refractivity contribution in [2.45, 2.75) is 86.0 Å². The van der Waals surface area contributed by atoms with E-state index in [0.717, 1.165) is 79.7 Å². The molecule has 6 heteroatoms. The fraction of sp³-hybridized carbons (Fsp3) is 0.406. The second-order valence-electron chi connectivity index (χ2n) is 9.36. The zero-order chi connectivity index (χ0) is 25.0. The van der Waals surface area contributed by atoms with Gasteiger partial charge in [0, 0.05) is 0 Å². The molecule has 0 fully saturated rings. The second-order valence-corrected chi connectivity index (χ2v) is 9.36.